The molecule has 4 rings (SSSR count). The maximum Gasteiger partial charge on any atom is 0.413 e. The van der Waals surface area contributed by atoms with Crippen molar-refractivity contribution in [3.05, 3.63) is 70.9 Å². The van der Waals surface area contributed by atoms with Gasteiger partial charge in [-0.1, -0.05) is 17.7 Å². The van der Waals surface area contributed by atoms with Gasteiger partial charge in [-0.2, -0.15) is 0 Å². The number of nitrogens with zero attached hydrogens (tertiary/aromatic N) is 4. The number of hydrogen-bond acceptors (Lipinski definition) is 7. The number of carbonyl (C=O) groups excluding carboxylic acids is 2. The minimum absolute atomic E-state index is 0.00914. The Morgan fingerprint density at radius 1 is 1.03 bits per heavy atom. The van der Waals surface area contributed by atoms with E-state index in [9.17, 15) is 9.59 Å². The van der Waals surface area contributed by atoms with Gasteiger partial charge in [-0.25, -0.2) is 18.7 Å². The fourth-order valence-corrected chi connectivity index (χ4v) is 4.19. The van der Waals surface area contributed by atoms with Crippen molar-refractivity contribution in [2.75, 3.05) is 33.6 Å². The maximum atomic E-state index is 15.4. The molecule has 0 fully saturated rings. The molecule has 2 aromatic heterocycles. The van der Waals surface area contributed by atoms with E-state index in [1.54, 1.807) is 32.4 Å². The summed E-state index contributed by atoms with van der Waals surface area (Å²) in [5, 5.41) is 2.75. The third-order valence-corrected chi connectivity index (χ3v) is 6.33. The number of pyridine rings is 1. The first-order chi connectivity index (χ1) is 18.1. The van der Waals surface area contributed by atoms with Crippen LogP contribution in [0.2, 0.25) is 5.02 Å². The van der Waals surface area contributed by atoms with Crippen LogP contribution in [0.4, 0.5) is 15.0 Å². The zero-order valence-electron chi connectivity index (χ0n) is 21.1. The lowest BCUT2D eigenvalue weighted by Crippen LogP contribution is -2.48. The number of methoxy groups -OCH3 is 2. The van der Waals surface area contributed by atoms with E-state index in [0.29, 0.717) is 12.1 Å². The van der Waals surface area contributed by atoms with Crippen LogP contribution in [0.15, 0.2) is 48.9 Å². The number of halogens is 2. The van der Waals surface area contributed by atoms with Crippen LogP contribution in [0.25, 0.3) is 22.2 Å². The molecule has 0 spiro atoms. The summed E-state index contributed by atoms with van der Waals surface area (Å²) in [5.74, 6) is -0.759. The number of primary amides is 1. The molecule has 38 heavy (non-hydrogen) atoms. The number of nitrogens with one attached hydrogen (secondary N) is 1. The molecule has 12 heteroatoms. The molecule has 0 saturated heterocycles. The van der Waals surface area contributed by atoms with Crippen LogP contribution in [-0.2, 0) is 6.54 Å². The molecule has 0 saturated carbocycles. The lowest BCUT2D eigenvalue weighted by Gasteiger charge is -2.23. The summed E-state index contributed by atoms with van der Waals surface area (Å²) in [6.07, 6.45) is 4.42. The molecule has 0 unspecified atom stereocenters. The predicted molar refractivity (Wildman–Crippen MR) is 141 cm³/mol. The number of fused-ring (bicyclic) bond motifs is 1. The van der Waals surface area contributed by atoms with Gasteiger partial charge in [-0.05, 0) is 18.2 Å². The van der Waals surface area contributed by atoms with Crippen LogP contribution < -0.4 is 20.5 Å². The van der Waals surface area contributed by atoms with Gasteiger partial charge >= 0.3 is 6.03 Å². The van der Waals surface area contributed by atoms with Crippen LogP contribution >= 0.6 is 11.6 Å². The van der Waals surface area contributed by atoms with E-state index in [1.807, 2.05) is 0 Å². The van der Waals surface area contributed by atoms with Crippen molar-refractivity contribution in [2.45, 2.75) is 6.54 Å². The highest BCUT2D eigenvalue weighted by Gasteiger charge is 2.25. The SMILES string of the molecule is COc1cc(OC)c(Cl)c(-c2ccc(C(=O)Nc3ccc(C[N+](C)(C)C(N)=O)cn3)c3nccnc23)c1F. The molecular weight excluding hydrogens is 515 g/mol. The monoisotopic (exact) mass is 539 g/mol. The molecule has 3 N–H and O–H groups in total. The smallest absolute Gasteiger partial charge is 0.413 e. The summed E-state index contributed by atoms with van der Waals surface area (Å²) >= 11 is 6.47. The van der Waals surface area contributed by atoms with E-state index in [-0.39, 0.29) is 49.0 Å². The fourth-order valence-electron chi connectivity index (χ4n) is 3.87. The molecule has 2 aromatic carbocycles. The number of quaternary nitrogens is 1. The Bertz CT molecular complexity index is 1520. The van der Waals surface area contributed by atoms with Gasteiger partial charge in [0.1, 0.15) is 23.6 Å². The molecule has 4 aromatic rings. The second-order valence-corrected chi connectivity index (χ2v) is 9.26. The Labute approximate surface area is 222 Å². The van der Waals surface area contributed by atoms with Gasteiger partial charge in [-0.15, -0.1) is 0 Å². The first kappa shape index (κ1) is 26.7. The molecule has 0 aliphatic heterocycles. The number of rotatable bonds is 7. The Hall–Kier alpha value is -4.35. The van der Waals surface area contributed by atoms with Crippen molar-refractivity contribution in [1.29, 1.82) is 0 Å². The van der Waals surface area contributed by atoms with Crippen LogP contribution in [0.3, 0.4) is 0 Å². The van der Waals surface area contributed by atoms with Crippen molar-refractivity contribution < 1.29 is 27.9 Å². The summed E-state index contributed by atoms with van der Waals surface area (Å²) in [7, 11) is 6.12. The average molecular weight is 540 g/mol. The van der Waals surface area contributed by atoms with Crippen LogP contribution in [-0.4, -0.2) is 59.7 Å². The minimum Gasteiger partial charge on any atom is -0.495 e. The van der Waals surface area contributed by atoms with E-state index in [1.165, 1.54) is 44.8 Å². The zero-order chi connectivity index (χ0) is 27.6. The predicted octanol–water partition coefficient (Wildman–Crippen LogP) is 4.41. The number of carbonyl (C=O) groups is 2. The molecule has 0 radical (unpaired) electrons. The van der Waals surface area contributed by atoms with E-state index in [4.69, 9.17) is 26.8 Å². The van der Waals surface area contributed by atoms with Gasteiger partial charge < -0.3 is 20.5 Å². The zero-order valence-corrected chi connectivity index (χ0v) is 21.8. The van der Waals surface area contributed by atoms with Crippen molar-refractivity contribution in [3.63, 3.8) is 0 Å². The third-order valence-electron chi connectivity index (χ3n) is 5.95. The Kier molecular flexibility index (Phi) is 7.42. The summed E-state index contributed by atoms with van der Waals surface area (Å²) in [4.78, 5) is 37.7. The molecule has 0 aliphatic rings. The van der Waals surface area contributed by atoms with E-state index >= 15 is 4.39 Å². The Morgan fingerprint density at radius 2 is 1.71 bits per heavy atom. The summed E-state index contributed by atoms with van der Waals surface area (Å²) < 4.78 is 25.7. The van der Waals surface area contributed by atoms with Crippen molar-refractivity contribution in [2.24, 2.45) is 5.73 Å². The molecular formula is C26H25ClFN6O4+. The highest BCUT2D eigenvalue weighted by Crippen LogP contribution is 2.44. The van der Waals surface area contributed by atoms with Gasteiger partial charge in [0.05, 0.1) is 44.4 Å². The topological polar surface area (TPSA) is 129 Å². The number of urea groups is 1. The number of nitrogens with two attached hydrogens (primary N) is 1. The van der Waals surface area contributed by atoms with Gasteiger partial charge in [0.25, 0.3) is 5.91 Å². The van der Waals surface area contributed by atoms with E-state index < -0.39 is 17.8 Å². The lowest BCUT2D eigenvalue weighted by molar-refractivity contribution is -0.821. The number of hydrogen-bond donors (Lipinski definition) is 2. The molecule has 0 bridgehead atoms. The number of ether oxygens (including phenoxy) is 2. The highest BCUT2D eigenvalue weighted by atomic mass is 35.5. The van der Waals surface area contributed by atoms with Gasteiger partial charge in [0, 0.05) is 41.3 Å². The minimum atomic E-state index is -0.704. The van der Waals surface area contributed by atoms with E-state index in [2.05, 4.69) is 20.3 Å². The standard InChI is InChI=1S/C26H24ClFN6O4/c1-34(2,26(29)36)13-14-5-8-19(32-12-14)33-25(35)16-7-6-15(23-24(16)31-10-9-30-23)20-21(27)17(37-3)11-18(38-4)22(20)28/h5-12H,13H2,1-4H3,(H2-,29,32,33,35,36)/p+1. The molecule has 0 atom stereocenters. The first-order valence-corrected chi connectivity index (χ1v) is 11.7. The summed E-state index contributed by atoms with van der Waals surface area (Å²) in [6, 6.07) is 7.28. The Balaban J connectivity index is 1.70. The molecule has 196 valence electrons. The van der Waals surface area contributed by atoms with Crippen molar-refractivity contribution in [1.82, 2.24) is 15.0 Å². The maximum absolute atomic E-state index is 15.4. The average Bonchev–Trinajstić information content (AvgIpc) is 2.89. The lowest BCUT2D eigenvalue weighted by atomic mass is 9.99. The first-order valence-electron chi connectivity index (χ1n) is 11.3. The number of anilines is 1. The largest absolute Gasteiger partial charge is 0.495 e. The normalized spacial score (nSPS) is 11.3. The number of benzene rings is 2. The number of aromatic nitrogens is 3. The molecule has 2 heterocycles. The van der Waals surface area contributed by atoms with Gasteiger partial charge in [0.15, 0.2) is 11.6 Å². The third kappa shape index (κ3) is 5.06. The highest BCUT2D eigenvalue weighted by molar-refractivity contribution is 6.35. The summed E-state index contributed by atoms with van der Waals surface area (Å²) in [5.41, 5.74) is 7.19. The van der Waals surface area contributed by atoms with Gasteiger partial charge in [-0.3, -0.25) is 14.8 Å². The van der Waals surface area contributed by atoms with Crippen molar-refractivity contribution >= 4 is 40.4 Å². The number of amides is 3. The van der Waals surface area contributed by atoms with Gasteiger partial charge in [0.2, 0.25) is 0 Å². The second-order valence-electron chi connectivity index (χ2n) is 8.89. The molecule has 10 nitrogen and oxygen atoms in total. The molecule has 0 aliphatic carbocycles. The summed E-state index contributed by atoms with van der Waals surface area (Å²) in [6.45, 7) is 0.340. The Morgan fingerprint density at radius 3 is 2.32 bits per heavy atom. The molecule has 3 amide bonds. The fraction of sp³-hybridized carbons (Fsp3) is 0.192. The van der Waals surface area contributed by atoms with E-state index in [0.717, 1.165) is 5.56 Å². The quantitative estimate of drug-likeness (QED) is 0.333. The second kappa shape index (κ2) is 10.6. The van der Waals surface area contributed by atoms with Crippen LogP contribution in [0.5, 0.6) is 11.5 Å². The van der Waals surface area contributed by atoms with Crippen LogP contribution in [0, 0.1) is 5.82 Å². The van der Waals surface area contributed by atoms with Crippen LogP contribution in [0.1, 0.15) is 15.9 Å². The van der Waals surface area contributed by atoms with Crippen molar-refractivity contribution in [3.8, 4) is 22.6 Å².